The third-order valence-electron chi connectivity index (χ3n) is 2.95. The van der Waals surface area contributed by atoms with E-state index in [1.54, 1.807) is 27.7 Å². The maximum absolute atomic E-state index is 11.7. The Morgan fingerprint density at radius 2 is 1.96 bits per heavy atom. The van der Waals surface area contributed by atoms with E-state index in [2.05, 4.69) is 21.9 Å². The van der Waals surface area contributed by atoms with Gasteiger partial charge in [0.2, 0.25) is 0 Å². The van der Waals surface area contributed by atoms with E-state index in [0.29, 0.717) is 11.1 Å². The summed E-state index contributed by atoms with van der Waals surface area (Å²) in [6.45, 7) is 6.81. The van der Waals surface area contributed by atoms with Gasteiger partial charge in [-0.15, -0.1) is 0 Å². The number of amides is 1. The molecule has 1 amide bonds. The highest BCUT2D eigenvalue weighted by molar-refractivity contribution is 5.92. The number of rotatable bonds is 3. The molecule has 1 aromatic rings. The summed E-state index contributed by atoms with van der Waals surface area (Å²) in [6.07, 6.45) is -0.618. The molecule has 0 aromatic heterocycles. The number of non-ortho nitro benzene ring substituents is 1. The fourth-order valence-electron chi connectivity index (χ4n) is 1.83. The number of carbonyl (C=O) groups is 2. The van der Waals surface area contributed by atoms with E-state index in [9.17, 15) is 19.7 Å². The molecule has 1 rings (SSSR count). The smallest absolute Gasteiger partial charge is 0.408 e. The fourth-order valence-corrected chi connectivity index (χ4v) is 1.83. The van der Waals surface area contributed by atoms with Crippen molar-refractivity contribution in [3.8, 4) is 11.8 Å². The second kappa shape index (κ2) is 8.15. The van der Waals surface area contributed by atoms with Crippen LogP contribution in [-0.2, 0) is 9.47 Å². The number of nitrogens with zero attached hydrogens (tertiary/aromatic N) is 1. The van der Waals surface area contributed by atoms with E-state index >= 15 is 0 Å². The van der Waals surface area contributed by atoms with Gasteiger partial charge in [-0.05, 0) is 33.3 Å². The summed E-state index contributed by atoms with van der Waals surface area (Å²) in [5.41, 5.74) is -0.0527. The van der Waals surface area contributed by atoms with E-state index in [4.69, 9.17) is 4.74 Å². The molecule has 0 unspecified atom stereocenters. The molecule has 8 nitrogen and oxygen atoms in total. The van der Waals surface area contributed by atoms with Crippen LogP contribution in [0.15, 0.2) is 12.1 Å². The largest absolute Gasteiger partial charge is 0.465 e. The van der Waals surface area contributed by atoms with Crippen molar-refractivity contribution in [2.45, 2.75) is 33.3 Å². The monoisotopic (exact) mass is 348 g/mol. The Labute approximate surface area is 145 Å². The molecule has 0 atom stereocenters. The number of hydrogen-bond donors (Lipinski definition) is 1. The predicted octanol–water partition coefficient (Wildman–Crippen LogP) is 2.57. The minimum atomic E-state index is -0.684. The number of nitrogens with one attached hydrogen (secondary N) is 1. The van der Waals surface area contributed by atoms with Crippen molar-refractivity contribution in [2.24, 2.45) is 0 Å². The van der Waals surface area contributed by atoms with Gasteiger partial charge in [0.1, 0.15) is 5.60 Å². The highest BCUT2D eigenvalue weighted by atomic mass is 16.6. The number of esters is 1. The second-order valence-corrected chi connectivity index (χ2v) is 6.07. The van der Waals surface area contributed by atoms with E-state index < -0.39 is 22.6 Å². The lowest BCUT2D eigenvalue weighted by molar-refractivity contribution is -0.384. The Balaban J connectivity index is 2.99. The zero-order chi connectivity index (χ0) is 19.2. The number of ether oxygens (including phenoxy) is 2. The van der Waals surface area contributed by atoms with Crippen molar-refractivity contribution in [1.82, 2.24) is 5.32 Å². The predicted molar refractivity (Wildman–Crippen MR) is 90.3 cm³/mol. The number of hydrogen-bond acceptors (Lipinski definition) is 6. The molecule has 134 valence electrons. The molecule has 0 aliphatic heterocycles. The van der Waals surface area contributed by atoms with Crippen LogP contribution < -0.4 is 5.32 Å². The van der Waals surface area contributed by atoms with E-state index in [-0.39, 0.29) is 17.8 Å². The van der Waals surface area contributed by atoms with Crippen LogP contribution >= 0.6 is 0 Å². The van der Waals surface area contributed by atoms with Gasteiger partial charge in [-0.25, -0.2) is 9.59 Å². The summed E-state index contributed by atoms with van der Waals surface area (Å²) >= 11 is 0. The van der Waals surface area contributed by atoms with Gasteiger partial charge < -0.3 is 14.8 Å². The summed E-state index contributed by atoms with van der Waals surface area (Å²) in [5.74, 6) is 4.70. The average Bonchev–Trinajstić information content (AvgIpc) is 2.50. The first kappa shape index (κ1) is 20.0. The molecule has 8 heteroatoms. The fraction of sp³-hybridized carbons (Fsp3) is 0.412. The van der Waals surface area contributed by atoms with Crippen LogP contribution in [0.3, 0.4) is 0 Å². The van der Waals surface area contributed by atoms with Gasteiger partial charge in [0.05, 0.1) is 24.1 Å². The van der Waals surface area contributed by atoms with Gasteiger partial charge in [-0.2, -0.15) is 0 Å². The van der Waals surface area contributed by atoms with Crippen LogP contribution in [0.2, 0.25) is 0 Å². The van der Waals surface area contributed by atoms with Crippen LogP contribution in [0.5, 0.6) is 0 Å². The maximum Gasteiger partial charge on any atom is 0.408 e. The summed E-state index contributed by atoms with van der Waals surface area (Å²) in [6, 6.07) is 2.41. The van der Waals surface area contributed by atoms with Gasteiger partial charge in [0, 0.05) is 17.7 Å². The quantitative estimate of drug-likeness (QED) is 0.389. The first-order valence-electron chi connectivity index (χ1n) is 7.38. The third-order valence-corrected chi connectivity index (χ3v) is 2.95. The molecule has 0 heterocycles. The van der Waals surface area contributed by atoms with Gasteiger partial charge in [0.25, 0.3) is 5.69 Å². The first-order valence-corrected chi connectivity index (χ1v) is 7.38. The Bertz CT molecular complexity index is 753. The molecule has 0 spiro atoms. The Morgan fingerprint density at radius 1 is 1.32 bits per heavy atom. The van der Waals surface area contributed by atoms with Crippen LogP contribution in [0.4, 0.5) is 10.5 Å². The molecule has 0 fully saturated rings. The number of nitro benzene ring substituents is 1. The van der Waals surface area contributed by atoms with Crippen molar-refractivity contribution in [3.05, 3.63) is 38.9 Å². The molecule has 1 aromatic carbocycles. The summed E-state index contributed by atoms with van der Waals surface area (Å²) in [4.78, 5) is 33.7. The molecule has 0 aliphatic rings. The van der Waals surface area contributed by atoms with E-state index in [1.165, 1.54) is 13.2 Å². The van der Waals surface area contributed by atoms with E-state index in [0.717, 1.165) is 6.07 Å². The zero-order valence-corrected chi connectivity index (χ0v) is 14.8. The molecule has 0 saturated heterocycles. The Kier molecular flexibility index (Phi) is 6.51. The van der Waals surface area contributed by atoms with Crippen LogP contribution in [-0.4, -0.2) is 36.2 Å². The minimum Gasteiger partial charge on any atom is -0.465 e. The highest BCUT2D eigenvalue weighted by Gasteiger charge is 2.18. The molecule has 25 heavy (non-hydrogen) atoms. The first-order chi connectivity index (χ1) is 11.5. The average molecular weight is 348 g/mol. The van der Waals surface area contributed by atoms with Crippen molar-refractivity contribution >= 4 is 17.7 Å². The summed E-state index contributed by atoms with van der Waals surface area (Å²) < 4.78 is 9.69. The van der Waals surface area contributed by atoms with Gasteiger partial charge in [0.15, 0.2) is 0 Å². The van der Waals surface area contributed by atoms with Crippen molar-refractivity contribution in [2.75, 3.05) is 13.7 Å². The third kappa shape index (κ3) is 6.14. The summed E-state index contributed by atoms with van der Waals surface area (Å²) in [5, 5.41) is 13.5. The van der Waals surface area contributed by atoms with Crippen molar-refractivity contribution in [3.63, 3.8) is 0 Å². The van der Waals surface area contributed by atoms with Crippen LogP contribution in [0.1, 0.15) is 42.3 Å². The van der Waals surface area contributed by atoms with Crippen LogP contribution in [0.25, 0.3) is 0 Å². The number of methoxy groups -OCH3 is 1. The van der Waals surface area contributed by atoms with Gasteiger partial charge >= 0.3 is 12.1 Å². The number of benzene rings is 1. The van der Waals surface area contributed by atoms with E-state index in [1.807, 2.05) is 0 Å². The number of carbonyl (C=O) groups excluding carboxylic acids is 2. The number of nitro groups is 1. The lowest BCUT2D eigenvalue weighted by Gasteiger charge is -2.19. The standard InChI is InChI=1S/C17H20N2O6/c1-11-12(7-6-8-18-16(21)25-17(2,3)4)9-13(19(22)23)10-14(11)15(20)24-5/h9-10H,8H2,1-5H3,(H,18,21). The van der Waals surface area contributed by atoms with Crippen LogP contribution in [0, 0.1) is 28.9 Å². The normalized spacial score (nSPS) is 10.3. The molecule has 0 saturated carbocycles. The lowest BCUT2D eigenvalue weighted by atomic mass is 10.0. The highest BCUT2D eigenvalue weighted by Crippen LogP contribution is 2.22. The summed E-state index contributed by atoms with van der Waals surface area (Å²) in [7, 11) is 1.19. The Morgan fingerprint density at radius 3 is 2.48 bits per heavy atom. The van der Waals surface area contributed by atoms with Gasteiger partial charge in [-0.1, -0.05) is 11.8 Å². The molecule has 1 N–H and O–H groups in total. The zero-order valence-electron chi connectivity index (χ0n) is 14.8. The maximum atomic E-state index is 11.7. The SMILES string of the molecule is COC(=O)c1cc([N+](=O)[O-])cc(C#CCNC(=O)OC(C)(C)C)c1C. The van der Waals surface area contributed by atoms with Gasteiger partial charge in [-0.3, -0.25) is 10.1 Å². The topological polar surface area (TPSA) is 108 Å². The van der Waals surface area contributed by atoms with Crippen molar-refractivity contribution < 1.29 is 24.0 Å². The minimum absolute atomic E-state index is 0.00932. The molecular formula is C17H20N2O6. The second-order valence-electron chi connectivity index (χ2n) is 6.07. The van der Waals surface area contributed by atoms with Crippen molar-refractivity contribution in [1.29, 1.82) is 0 Å². The Hall–Kier alpha value is -3.08. The molecule has 0 radical (unpaired) electrons. The molecular weight excluding hydrogens is 328 g/mol. The molecule has 0 bridgehead atoms. The molecule has 0 aliphatic carbocycles. The number of alkyl carbamates (subject to hydrolysis) is 1. The lowest BCUT2D eigenvalue weighted by Crippen LogP contribution is -2.32.